The van der Waals surface area contributed by atoms with Gasteiger partial charge in [0.1, 0.15) is 17.6 Å². The molecule has 1 amide bonds. The molecular weight excluding hydrogens is 524 g/mol. The van der Waals surface area contributed by atoms with Gasteiger partial charge in [0.25, 0.3) is 0 Å². The zero-order chi connectivity index (χ0) is 28.2. The number of methoxy groups -OCH3 is 1. The molecule has 5 rings (SSSR count). The maximum absolute atomic E-state index is 13.0. The molecule has 2 N–H and O–H groups in total. The number of rotatable bonds is 8. The van der Waals surface area contributed by atoms with Gasteiger partial charge in [0.05, 0.1) is 24.4 Å². The predicted molar refractivity (Wildman–Crippen MR) is 157 cm³/mol. The molecule has 0 unspecified atom stereocenters. The first kappa shape index (κ1) is 27.1. The number of benzene rings is 2. The summed E-state index contributed by atoms with van der Waals surface area (Å²) in [6, 6.07) is 21.9. The lowest BCUT2D eigenvalue weighted by Gasteiger charge is -2.26. The number of hydrogen-bond acceptors (Lipinski definition) is 6. The van der Waals surface area contributed by atoms with Gasteiger partial charge in [0.2, 0.25) is 5.91 Å². The van der Waals surface area contributed by atoms with E-state index >= 15 is 0 Å². The summed E-state index contributed by atoms with van der Waals surface area (Å²) < 4.78 is 11.2. The highest BCUT2D eigenvalue weighted by atomic mass is 32.1. The van der Waals surface area contributed by atoms with Crippen LogP contribution < -0.4 is 10.6 Å². The molecule has 0 spiro atoms. The van der Waals surface area contributed by atoms with Gasteiger partial charge in [-0.1, -0.05) is 30.3 Å². The fourth-order valence-electron chi connectivity index (χ4n) is 4.84. The standard InChI is InChI=1S/C31H30N4O4S/c1-19-10-11-20(2)24(17-19)33-27(36)14-16-35-29(28(34-31(35)40)23-9-4-5-15-32-23)26-13-12-25(39-26)21-7-6-8-22(18-21)30(37)38-3/h4-13,15,17-18,28-29H,14,16H2,1-3H3,(H,33,36)(H,34,40)/t28-,29+/m0/s1. The molecule has 3 heterocycles. The quantitative estimate of drug-likeness (QED) is 0.210. The van der Waals surface area contributed by atoms with Crippen LogP contribution in [0.3, 0.4) is 0 Å². The fraction of sp³-hybridized carbons (Fsp3) is 0.226. The van der Waals surface area contributed by atoms with E-state index in [2.05, 4.69) is 15.6 Å². The molecular formula is C31H30N4O4S. The number of ether oxygens (including phenoxy) is 1. The molecule has 1 aliphatic heterocycles. The molecule has 9 heteroatoms. The van der Waals surface area contributed by atoms with Crippen molar-refractivity contribution in [2.24, 2.45) is 0 Å². The topological polar surface area (TPSA) is 96.7 Å². The van der Waals surface area contributed by atoms with Crippen molar-refractivity contribution in [3.63, 3.8) is 0 Å². The van der Waals surface area contributed by atoms with Gasteiger partial charge >= 0.3 is 5.97 Å². The van der Waals surface area contributed by atoms with Crippen LogP contribution in [0.25, 0.3) is 11.3 Å². The normalized spacial score (nSPS) is 16.5. The van der Waals surface area contributed by atoms with E-state index in [-0.39, 0.29) is 24.4 Å². The lowest BCUT2D eigenvalue weighted by molar-refractivity contribution is -0.116. The molecule has 1 aliphatic rings. The molecule has 1 fully saturated rings. The van der Waals surface area contributed by atoms with Gasteiger partial charge in [0, 0.05) is 30.4 Å². The Hall–Kier alpha value is -4.50. The molecule has 0 radical (unpaired) electrons. The summed E-state index contributed by atoms with van der Waals surface area (Å²) >= 11 is 5.74. The summed E-state index contributed by atoms with van der Waals surface area (Å²) in [6.45, 7) is 4.34. The van der Waals surface area contributed by atoms with Gasteiger partial charge < -0.3 is 24.7 Å². The number of carbonyl (C=O) groups excluding carboxylic acids is 2. The van der Waals surface area contributed by atoms with Crippen molar-refractivity contribution in [1.82, 2.24) is 15.2 Å². The Morgan fingerprint density at radius 3 is 2.70 bits per heavy atom. The summed E-state index contributed by atoms with van der Waals surface area (Å²) in [5.74, 6) is 0.748. The number of nitrogens with one attached hydrogen (secondary N) is 2. The third-order valence-corrected chi connectivity index (χ3v) is 7.28. The van der Waals surface area contributed by atoms with E-state index in [0.717, 1.165) is 28.1 Å². The van der Waals surface area contributed by atoms with Gasteiger partial charge in [0.15, 0.2) is 5.11 Å². The van der Waals surface area contributed by atoms with Crippen LogP contribution in [0.4, 0.5) is 5.69 Å². The first-order valence-electron chi connectivity index (χ1n) is 13.0. The monoisotopic (exact) mass is 554 g/mol. The minimum Gasteiger partial charge on any atom is -0.465 e. The molecule has 2 aromatic heterocycles. The highest BCUT2D eigenvalue weighted by Crippen LogP contribution is 2.40. The number of esters is 1. The van der Waals surface area contributed by atoms with Crippen LogP contribution in [-0.4, -0.2) is 40.5 Å². The number of amides is 1. The maximum Gasteiger partial charge on any atom is 0.337 e. The van der Waals surface area contributed by atoms with E-state index in [9.17, 15) is 9.59 Å². The lowest BCUT2D eigenvalue weighted by Crippen LogP contribution is -2.32. The number of nitrogens with zero attached hydrogens (tertiary/aromatic N) is 2. The fourth-order valence-corrected chi connectivity index (χ4v) is 5.18. The lowest BCUT2D eigenvalue weighted by atomic mass is 10.0. The van der Waals surface area contributed by atoms with Crippen molar-refractivity contribution >= 4 is 34.9 Å². The zero-order valence-electron chi connectivity index (χ0n) is 22.5. The average Bonchev–Trinajstić information content (AvgIpc) is 3.58. The molecule has 0 saturated carbocycles. The van der Waals surface area contributed by atoms with Crippen LogP contribution in [0.15, 0.2) is 83.4 Å². The number of hydrogen-bond donors (Lipinski definition) is 2. The van der Waals surface area contributed by atoms with Gasteiger partial charge in [-0.25, -0.2) is 4.79 Å². The molecule has 0 aliphatic carbocycles. The molecule has 1 saturated heterocycles. The van der Waals surface area contributed by atoms with Crippen LogP contribution >= 0.6 is 12.2 Å². The minimum atomic E-state index is -0.417. The highest BCUT2D eigenvalue weighted by Gasteiger charge is 2.41. The van der Waals surface area contributed by atoms with E-state index in [1.54, 1.807) is 24.4 Å². The van der Waals surface area contributed by atoms with Gasteiger partial charge in [-0.05, 0) is 79.7 Å². The van der Waals surface area contributed by atoms with Gasteiger partial charge in [-0.15, -0.1) is 0 Å². The Balaban J connectivity index is 1.41. The van der Waals surface area contributed by atoms with Gasteiger partial charge in [-0.3, -0.25) is 9.78 Å². The molecule has 2 atom stereocenters. The Labute approximate surface area is 238 Å². The number of carbonyl (C=O) groups is 2. The molecule has 204 valence electrons. The summed E-state index contributed by atoms with van der Waals surface area (Å²) in [5, 5.41) is 6.93. The number of anilines is 1. The van der Waals surface area contributed by atoms with E-state index in [0.29, 0.717) is 28.7 Å². The maximum atomic E-state index is 13.0. The Kier molecular flexibility index (Phi) is 7.93. The summed E-state index contributed by atoms with van der Waals surface area (Å²) in [7, 11) is 1.35. The minimum absolute atomic E-state index is 0.101. The molecule has 40 heavy (non-hydrogen) atoms. The van der Waals surface area contributed by atoms with Crippen molar-refractivity contribution in [1.29, 1.82) is 0 Å². The molecule has 0 bridgehead atoms. The second kappa shape index (κ2) is 11.7. The largest absolute Gasteiger partial charge is 0.465 e. The van der Waals surface area contributed by atoms with Crippen molar-refractivity contribution in [3.05, 3.63) is 107 Å². The van der Waals surface area contributed by atoms with Crippen LogP contribution in [0.5, 0.6) is 0 Å². The third kappa shape index (κ3) is 5.74. The Bertz CT molecular complexity index is 1550. The van der Waals surface area contributed by atoms with Crippen LogP contribution in [0, 0.1) is 13.8 Å². The van der Waals surface area contributed by atoms with Crippen LogP contribution in [0.2, 0.25) is 0 Å². The second-order valence-electron chi connectivity index (χ2n) is 9.71. The number of aromatic nitrogens is 1. The first-order valence-corrected chi connectivity index (χ1v) is 13.4. The average molecular weight is 555 g/mol. The van der Waals surface area contributed by atoms with E-state index < -0.39 is 5.97 Å². The Morgan fingerprint density at radius 1 is 1.07 bits per heavy atom. The zero-order valence-corrected chi connectivity index (χ0v) is 23.3. The summed E-state index contributed by atoms with van der Waals surface area (Å²) in [5.41, 5.74) is 4.88. The van der Waals surface area contributed by atoms with Crippen molar-refractivity contribution in [3.8, 4) is 11.3 Å². The summed E-state index contributed by atoms with van der Waals surface area (Å²) in [4.78, 5) is 31.5. The number of thiocarbonyl (C=S) groups is 1. The van der Waals surface area contributed by atoms with Crippen molar-refractivity contribution in [2.75, 3.05) is 19.0 Å². The highest BCUT2D eigenvalue weighted by molar-refractivity contribution is 7.80. The van der Waals surface area contributed by atoms with E-state index in [1.165, 1.54) is 7.11 Å². The SMILES string of the molecule is COC(=O)c1cccc(-c2ccc([C@@H]3[C@H](c4ccccn4)NC(=S)N3CCC(=O)Nc3cc(C)ccc3C)o2)c1. The number of pyridine rings is 1. The first-order chi connectivity index (χ1) is 19.3. The molecule has 8 nitrogen and oxygen atoms in total. The van der Waals surface area contributed by atoms with Crippen LogP contribution in [0.1, 0.15) is 51.4 Å². The number of aryl methyl sites for hydroxylation is 2. The van der Waals surface area contributed by atoms with Crippen LogP contribution in [-0.2, 0) is 9.53 Å². The van der Waals surface area contributed by atoms with Crippen molar-refractivity contribution in [2.45, 2.75) is 32.4 Å². The second-order valence-corrected chi connectivity index (χ2v) is 10.1. The van der Waals surface area contributed by atoms with E-state index in [4.69, 9.17) is 21.4 Å². The summed E-state index contributed by atoms with van der Waals surface area (Å²) in [6.07, 6.45) is 1.97. The Morgan fingerprint density at radius 2 is 1.93 bits per heavy atom. The predicted octanol–water partition coefficient (Wildman–Crippen LogP) is 5.75. The molecule has 4 aromatic rings. The number of furan rings is 1. The van der Waals surface area contributed by atoms with Gasteiger partial charge in [-0.2, -0.15) is 0 Å². The smallest absolute Gasteiger partial charge is 0.337 e. The van der Waals surface area contributed by atoms with Crippen molar-refractivity contribution < 1.29 is 18.7 Å². The van der Waals surface area contributed by atoms with E-state index in [1.807, 2.05) is 73.3 Å². The third-order valence-electron chi connectivity index (χ3n) is 6.93. The molecule has 2 aromatic carbocycles.